The highest BCUT2D eigenvalue weighted by Gasteiger charge is 2.34. The molecule has 4 rings (SSSR count). The molecule has 0 radical (unpaired) electrons. The van der Waals surface area contributed by atoms with Crippen molar-refractivity contribution in [2.45, 2.75) is 32.4 Å². The van der Waals surface area contributed by atoms with Gasteiger partial charge in [0.2, 0.25) is 0 Å². The van der Waals surface area contributed by atoms with E-state index in [-0.39, 0.29) is 12.1 Å². The van der Waals surface area contributed by atoms with Gasteiger partial charge in [-0.25, -0.2) is 4.79 Å². The van der Waals surface area contributed by atoms with Crippen molar-refractivity contribution in [2.24, 2.45) is 0 Å². The quantitative estimate of drug-likeness (QED) is 0.676. The first-order valence-electron chi connectivity index (χ1n) is 12.1. The van der Waals surface area contributed by atoms with E-state index in [2.05, 4.69) is 27.3 Å². The van der Waals surface area contributed by atoms with E-state index in [9.17, 15) is 14.9 Å². The molecule has 1 atom stereocenters. The fourth-order valence-electron chi connectivity index (χ4n) is 4.66. The number of benzene rings is 2. The Kier molecular flexibility index (Phi) is 7.27. The Hall–Kier alpha value is -3.57. The molecule has 2 aromatic carbocycles. The number of hydrogen-bond acceptors (Lipinski definition) is 7. The lowest BCUT2D eigenvalue weighted by Gasteiger charge is -2.43. The van der Waals surface area contributed by atoms with Crippen LogP contribution in [0.5, 0.6) is 0 Å². The molecule has 2 aliphatic heterocycles. The minimum atomic E-state index is -0.590. The highest BCUT2D eigenvalue weighted by Crippen LogP contribution is 2.35. The van der Waals surface area contributed by atoms with Gasteiger partial charge in [-0.15, -0.1) is 0 Å². The molecule has 2 aromatic rings. The maximum atomic E-state index is 13.0. The van der Waals surface area contributed by atoms with Crippen molar-refractivity contribution in [1.29, 1.82) is 5.26 Å². The molecular formula is C27H33N5O3. The van der Waals surface area contributed by atoms with Crippen LogP contribution in [-0.4, -0.2) is 68.7 Å². The summed E-state index contributed by atoms with van der Waals surface area (Å²) in [6.07, 6.45) is 0.535. The normalized spacial score (nSPS) is 18.7. The maximum Gasteiger partial charge on any atom is 0.410 e. The van der Waals surface area contributed by atoms with Crippen molar-refractivity contribution >= 4 is 23.8 Å². The second-order valence-electron chi connectivity index (χ2n) is 9.96. The average molecular weight is 476 g/mol. The van der Waals surface area contributed by atoms with Gasteiger partial charge in [0.05, 0.1) is 17.7 Å². The molecule has 0 bridgehead atoms. The van der Waals surface area contributed by atoms with Gasteiger partial charge in [0.1, 0.15) is 11.9 Å². The summed E-state index contributed by atoms with van der Waals surface area (Å²) in [5.41, 5.74) is 3.51. The molecule has 8 heteroatoms. The van der Waals surface area contributed by atoms with Crippen molar-refractivity contribution < 1.29 is 14.3 Å². The van der Waals surface area contributed by atoms with Crippen LogP contribution in [0.3, 0.4) is 0 Å². The highest BCUT2D eigenvalue weighted by molar-refractivity contribution is 5.80. The highest BCUT2D eigenvalue weighted by atomic mass is 16.6. The van der Waals surface area contributed by atoms with Crippen molar-refractivity contribution in [3.8, 4) is 6.07 Å². The van der Waals surface area contributed by atoms with Crippen LogP contribution in [0.25, 0.3) is 0 Å². The molecule has 0 spiro atoms. The Morgan fingerprint density at radius 2 is 1.74 bits per heavy atom. The number of ether oxygens (including phenoxy) is 1. The third-order valence-corrected chi connectivity index (χ3v) is 6.40. The summed E-state index contributed by atoms with van der Waals surface area (Å²) in [6, 6.07) is 15.3. The molecule has 0 aromatic heterocycles. The predicted molar refractivity (Wildman–Crippen MR) is 136 cm³/mol. The van der Waals surface area contributed by atoms with Crippen LogP contribution in [-0.2, 0) is 4.74 Å². The summed E-state index contributed by atoms with van der Waals surface area (Å²) in [7, 11) is 0. The molecule has 35 heavy (non-hydrogen) atoms. The molecule has 1 unspecified atom stereocenters. The molecule has 0 saturated carbocycles. The average Bonchev–Trinajstić information content (AvgIpc) is 2.87. The summed E-state index contributed by atoms with van der Waals surface area (Å²) in [6.45, 7) is 10.7. The fourth-order valence-corrected chi connectivity index (χ4v) is 4.66. The number of nitrogens with zero attached hydrogens (tertiary/aromatic N) is 4. The molecule has 8 nitrogen and oxygen atoms in total. The standard InChI is InChI=1S/C27H33N5O3/c1-27(2,3)35-26(34)31-14-15-32(22-7-4-20(17-28)5-8-22)25(18-31)24-16-23(9-6-21(24)19-33)30-12-10-29-11-13-30/h4-9,16,19,25,29H,10-15,18H2,1-3H3. The Bertz CT molecular complexity index is 1100. The van der Waals surface area contributed by atoms with E-state index >= 15 is 0 Å². The monoisotopic (exact) mass is 475 g/mol. The molecule has 2 saturated heterocycles. The smallest absolute Gasteiger partial charge is 0.410 e. The third kappa shape index (κ3) is 5.75. The maximum absolute atomic E-state index is 13.0. The van der Waals surface area contributed by atoms with Crippen LogP contribution in [0, 0.1) is 11.3 Å². The third-order valence-electron chi connectivity index (χ3n) is 6.40. The van der Waals surface area contributed by atoms with Crippen LogP contribution in [0.4, 0.5) is 16.2 Å². The van der Waals surface area contributed by atoms with Gasteiger partial charge in [-0.3, -0.25) is 4.79 Å². The molecular weight excluding hydrogens is 442 g/mol. The number of anilines is 2. The van der Waals surface area contributed by atoms with Gasteiger partial charge in [-0.05, 0) is 68.8 Å². The lowest BCUT2D eigenvalue weighted by Crippen LogP contribution is -2.52. The van der Waals surface area contributed by atoms with Crippen molar-refractivity contribution in [1.82, 2.24) is 10.2 Å². The van der Waals surface area contributed by atoms with E-state index in [0.29, 0.717) is 30.8 Å². The minimum Gasteiger partial charge on any atom is -0.444 e. The lowest BCUT2D eigenvalue weighted by molar-refractivity contribution is 0.0214. The summed E-state index contributed by atoms with van der Waals surface area (Å²) >= 11 is 0. The van der Waals surface area contributed by atoms with E-state index in [4.69, 9.17) is 4.74 Å². The summed E-state index contributed by atoms with van der Waals surface area (Å²) in [5, 5.41) is 12.6. The SMILES string of the molecule is CC(C)(C)OC(=O)N1CCN(c2ccc(C#N)cc2)C(c2cc(N3CCNCC3)ccc2C=O)C1. The van der Waals surface area contributed by atoms with Crippen LogP contribution >= 0.6 is 0 Å². The zero-order valence-corrected chi connectivity index (χ0v) is 20.7. The lowest BCUT2D eigenvalue weighted by atomic mass is 9.95. The van der Waals surface area contributed by atoms with Crippen LogP contribution in [0.2, 0.25) is 0 Å². The molecule has 1 N–H and O–H groups in total. The minimum absolute atomic E-state index is 0.243. The topological polar surface area (TPSA) is 88.9 Å². The largest absolute Gasteiger partial charge is 0.444 e. The van der Waals surface area contributed by atoms with Crippen LogP contribution in [0.15, 0.2) is 42.5 Å². The summed E-state index contributed by atoms with van der Waals surface area (Å²) in [5.74, 6) is 0. The molecule has 2 aliphatic rings. The van der Waals surface area contributed by atoms with E-state index < -0.39 is 5.60 Å². The van der Waals surface area contributed by atoms with Crippen molar-refractivity contribution in [3.63, 3.8) is 0 Å². The van der Waals surface area contributed by atoms with E-state index in [1.165, 1.54) is 0 Å². The number of rotatable bonds is 4. The predicted octanol–water partition coefficient (Wildman–Crippen LogP) is 3.58. The molecule has 184 valence electrons. The number of piperazine rings is 2. The molecule has 2 fully saturated rings. The molecule has 2 heterocycles. The van der Waals surface area contributed by atoms with Gasteiger partial charge >= 0.3 is 6.09 Å². The Morgan fingerprint density at radius 3 is 2.37 bits per heavy atom. The van der Waals surface area contributed by atoms with Gasteiger partial charge in [-0.2, -0.15) is 5.26 Å². The first kappa shape index (κ1) is 24.6. The van der Waals surface area contributed by atoms with E-state index in [1.807, 2.05) is 45.0 Å². The first-order chi connectivity index (χ1) is 16.8. The molecule has 0 aliphatic carbocycles. The number of carbonyl (C=O) groups excluding carboxylic acids is 2. The Labute approximate surface area is 207 Å². The second-order valence-corrected chi connectivity index (χ2v) is 9.96. The Morgan fingerprint density at radius 1 is 1.06 bits per heavy atom. The van der Waals surface area contributed by atoms with Gasteiger partial charge < -0.3 is 24.8 Å². The number of amides is 1. The number of aldehydes is 1. The van der Waals surface area contributed by atoms with Crippen molar-refractivity contribution in [3.05, 3.63) is 59.2 Å². The zero-order valence-electron chi connectivity index (χ0n) is 20.7. The van der Waals surface area contributed by atoms with Crippen LogP contribution < -0.4 is 15.1 Å². The Balaban J connectivity index is 1.72. The van der Waals surface area contributed by atoms with Crippen LogP contribution in [0.1, 0.15) is 48.3 Å². The van der Waals surface area contributed by atoms with Crippen molar-refractivity contribution in [2.75, 3.05) is 55.6 Å². The van der Waals surface area contributed by atoms with E-state index in [1.54, 1.807) is 17.0 Å². The number of hydrogen-bond donors (Lipinski definition) is 1. The number of nitrogens with one attached hydrogen (secondary N) is 1. The van der Waals surface area contributed by atoms with Gasteiger partial charge in [-0.1, -0.05) is 0 Å². The van der Waals surface area contributed by atoms with Gasteiger partial charge in [0.15, 0.2) is 0 Å². The molecule has 1 amide bonds. The first-order valence-corrected chi connectivity index (χ1v) is 12.1. The summed E-state index contributed by atoms with van der Waals surface area (Å²) < 4.78 is 5.66. The van der Waals surface area contributed by atoms with Gasteiger partial charge in [0.25, 0.3) is 0 Å². The number of nitriles is 1. The second kappa shape index (κ2) is 10.4. The summed E-state index contributed by atoms with van der Waals surface area (Å²) in [4.78, 5) is 31.3. The van der Waals surface area contributed by atoms with Gasteiger partial charge in [0, 0.05) is 62.8 Å². The van der Waals surface area contributed by atoms with E-state index in [0.717, 1.165) is 49.4 Å². The zero-order chi connectivity index (χ0) is 25.0. The fraction of sp³-hybridized carbons (Fsp3) is 0.444. The number of carbonyl (C=O) groups is 2.